The van der Waals surface area contributed by atoms with E-state index in [-0.39, 0.29) is 11.7 Å². The van der Waals surface area contributed by atoms with Gasteiger partial charge in [-0.25, -0.2) is 0 Å². The monoisotopic (exact) mass is 285 g/mol. The molecule has 0 aliphatic carbocycles. The molecule has 0 saturated heterocycles. The first kappa shape index (κ1) is 12.4. The molecule has 2 heterocycles. The highest BCUT2D eigenvalue weighted by Gasteiger charge is 2.12. The fourth-order valence-electron chi connectivity index (χ4n) is 1.77. The van der Waals surface area contributed by atoms with Crippen LogP contribution < -0.4 is 5.32 Å². The molecular formula is C14H11N3O2S. The Bertz CT molecular complexity index is 734. The van der Waals surface area contributed by atoms with Gasteiger partial charge < -0.3 is 10.4 Å². The molecule has 1 aromatic carbocycles. The largest absolute Gasteiger partial charge is 0.508 e. The first-order chi connectivity index (χ1) is 9.72. The minimum atomic E-state index is -0.324. The lowest BCUT2D eigenvalue weighted by Gasteiger charge is -2.02. The maximum Gasteiger partial charge on any atom is 0.276 e. The fourth-order valence-corrected chi connectivity index (χ4v) is 2.47. The number of nitrogens with zero attached hydrogens (tertiary/aromatic N) is 1. The number of phenols is 1. The van der Waals surface area contributed by atoms with Gasteiger partial charge in [0, 0.05) is 11.8 Å². The smallest absolute Gasteiger partial charge is 0.276 e. The number of aromatic amines is 1. The number of hydrogen-bond donors (Lipinski definition) is 3. The van der Waals surface area contributed by atoms with Crippen molar-refractivity contribution in [1.82, 2.24) is 10.2 Å². The second-order valence-corrected chi connectivity index (χ2v) is 5.10. The number of aromatic hydroxyl groups is 1. The molecule has 100 valence electrons. The quantitative estimate of drug-likeness (QED) is 0.692. The summed E-state index contributed by atoms with van der Waals surface area (Å²) in [6.07, 6.45) is 0. The third-order valence-corrected chi connectivity index (χ3v) is 3.60. The van der Waals surface area contributed by atoms with Gasteiger partial charge in [0.1, 0.15) is 5.75 Å². The van der Waals surface area contributed by atoms with Gasteiger partial charge in [-0.15, -0.1) is 11.3 Å². The number of amides is 1. The summed E-state index contributed by atoms with van der Waals surface area (Å²) in [6, 6.07) is 12.0. The number of carbonyl (C=O) groups is 1. The van der Waals surface area contributed by atoms with E-state index in [1.807, 2.05) is 17.5 Å². The van der Waals surface area contributed by atoms with Crippen molar-refractivity contribution >= 4 is 22.9 Å². The highest BCUT2D eigenvalue weighted by atomic mass is 32.1. The normalized spacial score (nSPS) is 10.4. The molecule has 0 spiro atoms. The predicted octanol–water partition coefficient (Wildman–Crippen LogP) is 3.10. The van der Waals surface area contributed by atoms with Crippen LogP contribution in [-0.4, -0.2) is 21.2 Å². The summed E-state index contributed by atoms with van der Waals surface area (Å²) in [6.45, 7) is 0. The van der Waals surface area contributed by atoms with Gasteiger partial charge in [0.05, 0.1) is 10.6 Å². The van der Waals surface area contributed by atoms with Crippen LogP contribution >= 0.6 is 11.3 Å². The predicted molar refractivity (Wildman–Crippen MR) is 78.0 cm³/mol. The van der Waals surface area contributed by atoms with Gasteiger partial charge in [-0.05, 0) is 29.6 Å². The van der Waals surface area contributed by atoms with Crippen molar-refractivity contribution in [1.29, 1.82) is 0 Å². The number of rotatable bonds is 3. The van der Waals surface area contributed by atoms with Crippen molar-refractivity contribution in [2.45, 2.75) is 0 Å². The van der Waals surface area contributed by atoms with E-state index in [9.17, 15) is 9.90 Å². The Balaban J connectivity index is 1.78. The van der Waals surface area contributed by atoms with Crippen LogP contribution in [0.4, 0.5) is 5.69 Å². The van der Waals surface area contributed by atoms with Gasteiger partial charge in [0.25, 0.3) is 5.91 Å². The molecule has 0 aliphatic heterocycles. The summed E-state index contributed by atoms with van der Waals surface area (Å²) < 4.78 is 0. The van der Waals surface area contributed by atoms with Crippen LogP contribution in [0, 0.1) is 0 Å². The molecule has 0 radical (unpaired) electrons. The number of carbonyl (C=O) groups excluding carboxylic acids is 1. The van der Waals surface area contributed by atoms with Crippen LogP contribution in [0.1, 0.15) is 10.5 Å². The van der Waals surface area contributed by atoms with E-state index in [1.165, 1.54) is 6.07 Å². The standard InChI is InChI=1S/C14H11N3O2S/c18-10-4-1-3-9(7-10)15-14(19)12-8-11(16-17-12)13-5-2-6-20-13/h1-8,18H,(H,15,19)(H,16,17). The van der Waals surface area contributed by atoms with E-state index in [1.54, 1.807) is 35.6 Å². The molecular weight excluding hydrogens is 274 g/mol. The Hall–Kier alpha value is -2.60. The van der Waals surface area contributed by atoms with Gasteiger partial charge >= 0.3 is 0 Å². The Morgan fingerprint density at radius 2 is 2.15 bits per heavy atom. The maximum atomic E-state index is 12.0. The molecule has 3 N–H and O–H groups in total. The van der Waals surface area contributed by atoms with Crippen LogP contribution in [0.15, 0.2) is 47.8 Å². The van der Waals surface area contributed by atoms with E-state index >= 15 is 0 Å². The van der Waals surface area contributed by atoms with Crippen molar-refractivity contribution in [3.8, 4) is 16.3 Å². The number of nitrogens with one attached hydrogen (secondary N) is 2. The third-order valence-electron chi connectivity index (χ3n) is 2.70. The van der Waals surface area contributed by atoms with Crippen LogP contribution in [0.2, 0.25) is 0 Å². The molecule has 20 heavy (non-hydrogen) atoms. The fraction of sp³-hybridized carbons (Fsp3) is 0. The molecule has 2 aromatic heterocycles. The van der Waals surface area contributed by atoms with Gasteiger partial charge in [-0.1, -0.05) is 12.1 Å². The minimum absolute atomic E-state index is 0.101. The van der Waals surface area contributed by atoms with Crippen molar-refractivity contribution in [2.75, 3.05) is 5.32 Å². The van der Waals surface area contributed by atoms with E-state index in [4.69, 9.17) is 0 Å². The molecule has 0 fully saturated rings. The summed E-state index contributed by atoms with van der Waals surface area (Å²) in [5.74, 6) is -0.223. The number of thiophene rings is 1. The number of aromatic nitrogens is 2. The average molecular weight is 285 g/mol. The van der Waals surface area contributed by atoms with Crippen molar-refractivity contribution in [2.24, 2.45) is 0 Å². The lowest BCUT2D eigenvalue weighted by molar-refractivity contribution is 0.102. The highest BCUT2D eigenvalue weighted by Crippen LogP contribution is 2.23. The number of H-pyrrole nitrogens is 1. The first-order valence-corrected chi connectivity index (χ1v) is 6.80. The molecule has 0 aliphatic rings. The second-order valence-electron chi connectivity index (χ2n) is 4.15. The number of phenolic OH excluding ortho intramolecular Hbond substituents is 1. The zero-order valence-electron chi connectivity index (χ0n) is 10.3. The molecule has 0 unspecified atom stereocenters. The van der Waals surface area contributed by atoms with E-state index in [0.29, 0.717) is 11.4 Å². The Morgan fingerprint density at radius 1 is 1.25 bits per heavy atom. The molecule has 6 heteroatoms. The number of anilines is 1. The van der Waals surface area contributed by atoms with E-state index in [0.717, 1.165) is 10.6 Å². The van der Waals surface area contributed by atoms with Gasteiger partial charge in [0.15, 0.2) is 5.69 Å². The zero-order valence-corrected chi connectivity index (χ0v) is 11.1. The highest BCUT2D eigenvalue weighted by molar-refractivity contribution is 7.13. The first-order valence-electron chi connectivity index (χ1n) is 5.92. The SMILES string of the molecule is O=C(Nc1cccc(O)c1)c1cc(-c2cccs2)[nH]n1. The average Bonchev–Trinajstić information content (AvgIpc) is 3.10. The summed E-state index contributed by atoms with van der Waals surface area (Å²) in [4.78, 5) is 13.1. The van der Waals surface area contributed by atoms with Gasteiger partial charge in [-0.3, -0.25) is 9.89 Å². The maximum absolute atomic E-state index is 12.0. The summed E-state index contributed by atoms with van der Waals surface area (Å²) in [5, 5.41) is 20.8. The molecule has 5 nitrogen and oxygen atoms in total. The topological polar surface area (TPSA) is 78.0 Å². The zero-order chi connectivity index (χ0) is 13.9. The summed E-state index contributed by atoms with van der Waals surface area (Å²) in [5.41, 5.74) is 1.63. The third kappa shape index (κ3) is 2.55. The van der Waals surface area contributed by atoms with Crippen LogP contribution in [0.25, 0.3) is 10.6 Å². The molecule has 0 saturated carbocycles. The van der Waals surface area contributed by atoms with Gasteiger partial charge in [-0.2, -0.15) is 5.10 Å². The van der Waals surface area contributed by atoms with E-state index in [2.05, 4.69) is 15.5 Å². The molecule has 3 rings (SSSR count). The Labute approximate surface area is 118 Å². The molecule has 0 bridgehead atoms. The number of hydrogen-bond acceptors (Lipinski definition) is 4. The van der Waals surface area contributed by atoms with Crippen molar-refractivity contribution in [3.63, 3.8) is 0 Å². The van der Waals surface area contributed by atoms with E-state index < -0.39 is 0 Å². The lowest BCUT2D eigenvalue weighted by Crippen LogP contribution is -2.12. The number of benzene rings is 1. The Morgan fingerprint density at radius 3 is 2.90 bits per heavy atom. The molecule has 3 aromatic rings. The van der Waals surface area contributed by atoms with Crippen LogP contribution in [0.5, 0.6) is 5.75 Å². The van der Waals surface area contributed by atoms with Crippen LogP contribution in [-0.2, 0) is 0 Å². The summed E-state index contributed by atoms with van der Waals surface area (Å²) >= 11 is 1.57. The van der Waals surface area contributed by atoms with Crippen LogP contribution in [0.3, 0.4) is 0 Å². The summed E-state index contributed by atoms with van der Waals surface area (Å²) in [7, 11) is 0. The molecule has 0 atom stereocenters. The lowest BCUT2D eigenvalue weighted by atomic mass is 10.2. The molecule has 1 amide bonds. The van der Waals surface area contributed by atoms with Gasteiger partial charge in [0.2, 0.25) is 0 Å². The second kappa shape index (κ2) is 5.18. The van der Waals surface area contributed by atoms with Crippen molar-refractivity contribution < 1.29 is 9.90 Å². The van der Waals surface area contributed by atoms with Crippen molar-refractivity contribution in [3.05, 3.63) is 53.5 Å². The Kier molecular flexibility index (Phi) is 3.22. The minimum Gasteiger partial charge on any atom is -0.508 e.